The smallest absolute Gasteiger partial charge is 0.303 e. The summed E-state index contributed by atoms with van der Waals surface area (Å²) in [6.07, 6.45) is -1.77. The molecule has 8 heteroatoms. The molecule has 0 bridgehead atoms. The van der Waals surface area contributed by atoms with Gasteiger partial charge in [-0.1, -0.05) is 0 Å². The van der Waals surface area contributed by atoms with E-state index in [0.717, 1.165) is 0 Å². The standard InChI is InChI=1S/C4H12N2O2.C4H6O4/c5-2-3(6)1-4(7)8;5-3(6)1-2-4(7)8/h3-4,7-8H,1-2,5-6H2;1-2H2,(H,5,6)(H,7,8). The number of aliphatic hydroxyl groups is 2. The Kier molecular flexibility index (Phi) is 11.1. The lowest BCUT2D eigenvalue weighted by Gasteiger charge is -2.08. The highest BCUT2D eigenvalue weighted by atomic mass is 16.5. The molecule has 96 valence electrons. The first-order valence-corrected chi connectivity index (χ1v) is 4.55. The third-order valence-electron chi connectivity index (χ3n) is 1.37. The van der Waals surface area contributed by atoms with E-state index in [0.29, 0.717) is 0 Å². The van der Waals surface area contributed by atoms with Gasteiger partial charge in [-0.25, -0.2) is 0 Å². The minimum absolute atomic E-state index is 0.149. The van der Waals surface area contributed by atoms with Crippen molar-refractivity contribution in [1.29, 1.82) is 0 Å². The van der Waals surface area contributed by atoms with Crippen molar-refractivity contribution in [1.82, 2.24) is 0 Å². The van der Waals surface area contributed by atoms with Crippen LogP contribution in [-0.4, -0.2) is 51.2 Å². The molecule has 16 heavy (non-hydrogen) atoms. The van der Waals surface area contributed by atoms with Crippen LogP contribution in [0.5, 0.6) is 0 Å². The highest BCUT2D eigenvalue weighted by Gasteiger charge is 2.03. The first kappa shape index (κ1) is 17.2. The van der Waals surface area contributed by atoms with E-state index in [1.807, 2.05) is 0 Å². The first-order chi connectivity index (χ1) is 7.29. The van der Waals surface area contributed by atoms with E-state index in [-0.39, 0.29) is 31.8 Å². The molecule has 8 nitrogen and oxygen atoms in total. The van der Waals surface area contributed by atoms with Crippen LogP contribution >= 0.6 is 0 Å². The zero-order valence-electron chi connectivity index (χ0n) is 8.74. The monoisotopic (exact) mass is 238 g/mol. The summed E-state index contributed by atoms with van der Waals surface area (Å²) < 4.78 is 0. The number of carboxylic acid groups (broad SMARTS) is 2. The molecule has 0 saturated carbocycles. The third-order valence-corrected chi connectivity index (χ3v) is 1.37. The average Bonchev–Trinajstić information content (AvgIpc) is 2.14. The normalized spacial score (nSPS) is 11.6. The van der Waals surface area contributed by atoms with Crippen LogP contribution in [0.3, 0.4) is 0 Å². The van der Waals surface area contributed by atoms with Gasteiger partial charge in [0.1, 0.15) is 0 Å². The lowest BCUT2D eigenvalue weighted by atomic mass is 10.2. The second kappa shape index (κ2) is 10.3. The molecule has 0 aliphatic heterocycles. The summed E-state index contributed by atoms with van der Waals surface area (Å²) >= 11 is 0. The van der Waals surface area contributed by atoms with E-state index in [2.05, 4.69) is 0 Å². The lowest BCUT2D eigenvalue weighted by molar-refractivity contribution is -0.143. The molecular formula is C8H18N2O6. The molecule has 1 unspecified atom stereocenters. The largest absolute Gasteiger partial charge is 0.481 e. The molecule has 0 radical (unpaired) electrons. The summed E-state index contributed by atoms with van der Waals surface area (Å²) in [6.45, 7) is 0.289. The molecular weight excluding hydrogens is 220 g/mol. The Morgan fingerprint density at radius 3 is 1.56 bits per heavy atom. The molecule has 0 aliphatic rings. The van der Waals surface area contributed by atoms with Crippen LogP contribution in [0.1, 0.15) is 19.3 Å². The van der Waals surface area contributed by atoms with Crippen LogP contribution in [0.4, 0.5) is 0 Å². The Labute approximate surface area is 92.5 Å². The summed E-state index contributed by atoms with van der Waals surface area (Å²) in [5.74, 6) is -2.15. The zero-order valence-corrected chi connectivity index (χ0v) is 8.74. The number of hydrogen-bond donors (Lipinski definition) is 6. The number of rotatable bonds is 6. The number of hydrogen-bond acceptors (Lipinski definition) is 6. The van der Waals surface area contributed by atoms with Crippen molar-refractivity contribution in [3.63, 3.8) is 0 Å². The number of aliphatic carboxylic acids is 2. The molecule has 0 aromatic carbocycles. The summed E-state index contributed by atoms with van der Waals surface area (Å²) in [4.78, 5) is 19.3. The van der Waals surface area contributed by atoms with Gasteiger partial charge in [0.25, 0.3) is 0 Å². The Bertz CT molecular complexity index is 195. The average molecular weight is 238 g/mol. The van der Waals surface area contributed by atoms with Gasteiger partial charge in [0.05, 0.1) is 12.8 Å². The van der Waals surface area contributed by atoms with Crippen molar-refractivity contribution in [2.24, 2.45) is 11.5 Å². The van der Waals surface area contributed by atoms with Crippen LogP contribution in [-0.2, 0) is 9.59 Å². The van der Waals surface area contributed by atoms with Gasteiger partial charge in [-0.15, -0.1) is 0 Å². The highest BCUT2D eigenvalue weighted by Crippen LogP contribution is 1.88. The van der Waals surface area contributed by atoms with Crippen LogP contribution in [0.2, 0.25) is 0 Å². The van der Waals surface area contributed by atoms with Crippen molar-refractivity contribution < 1.29 is 30.0 Å². The number of nitrogens with two attached hydrogens (primary N) is 2. The van der Waals surface area contributed by atoms with E-state index in [4.69, 9.17) is 31.9 Å². The Hall–Kier alpha value is -1.22. The van der Waals surface area contributed by atoms with E-state index in [1.165, 1.54) is 0 Å². The number of aliphatic hydroxyl groups excluding tert-OH is 1. The van der Waals surface area contributed by atoms with E-state index < -0.39 is 18.2 Å². The van der Waals surface area contributed by atoms with Crippen molar-refractivity contribution in [2.45, 2.75) is 31.6 Å². The highest BCUT2D eigenvalue weighted by molar-refractivity contribution is 5.75. The lowest BCUT2D eigenvalue weighted by Crippen LogP contribution is -2.33. The van der Waals surface area contributed by atoms with Gasteiger partial charge < -0.3 is 31.9 Å². The second-order valence-corrected chi connectivity index (χ2v) is 3.00. The predicted octanol–water partition coefficient (Wildman–Crippen LogP) is -2.09. The van der Waals surface area contributed by atoms with Gasteiger partial charge >= 0.3 is 11.9 Å². The zero-order chi connectivity index (χ0) is 13.1. The molecule has 0 saturated heterocycles. The molecule has 0 heterocycles. The minimum Gasteiger partial charge on any atom is -0.481 e. The molecule has 0 aromatic rings. The van der Waals surface area contributed by atoms with Gasteiger partial charge in [-0.3, -0.25) is 9.59 Å². The van der Waals surface area contributed by atoms with E-state index >= 15 is 0 Å². The summed E-state index contributed by atoms with van der Waals surface area (Å²) in [7, 11) is 0. The summed E-state index contributed by atoms with van der Waals surface area (Å²) in [6, 6.07) is -0.296. The van der Waals surface area contributed by atoms with Crippen molar-refractivity contribution in [3.8, 4) is 0 Å². The van der Waals surface area contributed by atoms with Crippen LogP contribution in [0.25, 0.3) is 0 Å². The molecule has 1 atom stereocenters. The maximum Gasteiger partial charge on any atom is 0.303 e. The van der Waals surface area contributed by atoms with Crippen molar-refractivity contribution in [3.05, 3.63) is 0 Å². The quantitative estimate of drug-likeness (QED) is 0.286. The molecule has 0 fully saturated rings. The van der Waals surface area contributed by atoms with Gasteiger partial charge in [-0.05, 0) is 0 Å². The van der Waals surface area contributed by atoms with Crippen LogP contribution in [0.15, 0.2) is 0 Å². The molecule has 0 spiro atoms. The van der Waals surface area contributed by atoms with Gasteiger partial charge in [0, 0.05) is 19.0 Å². The first-order valence-electron chi connectivity index (χ1n) is 4.55. The number of carbonyl (C=O) groups is 2. The fourth-order valence-electron chi connectivity index (χ4n) is 0.581. The SMILES string of the molecule is NCC(N)CC(O)O.O=C(O)CCC(=O)O. The van der Waals surface area contributed by atoms with E-state index in [1.54, 1.807) is 0 Å². The minimum atomic E-state index is -1.33. The Balaban J connectivity index is 0. The fourth-order valence-corrected chi connectivity index (χ4v) is 0.581. The fraction of sp³-hybridized carbons (Fsp3) is 0.750. The Morgan fingerprint density at radius 1 is 1.06 bits per heavy atom. The second-order valence-electron chi connectivity index (χ2n) is 3.00. The van der Waals surface area contributed by atoms with Gasteiger partial charge in [0.2, 0.25) is 0 Å². The van der Waals surface area contributed by atoms with Crippen molar-refractivity contribution in [2.75, 3.05) is 6.54 Å². The molecule has 0 rings (SSSR count). The molecule has 0 amide bonds. The summed E-state index contributed by atoms with van der Waals surface area (Å²) in [5.41, 5.74) is 10.3. The van der Waals surface area contributed by atoms with Crippen LogP contribution < -0.4 is 11.5 Å². The summed E-state index contributed by atoms with van der Waals surface area (Å²) in [5, 5.41) is 32.3. The van der Waals surface area contributed by atoms with Gasteiger partial charge in [-0.2, -0.15) is 0 Å². The molecule has 0 aromatic heterocycles. The Morgan fingerprint density at radius 2 is 1.44 bits per heavy atom. The topological polar surface area (TPSA) is 167 Å². The molecule has 8 N–H and O–H groups in total. The molecule has 0 aliphatic carbocycles. The van der Waals surface area contributed by atoms with Crippen molar-refractivity contribution >= 4 is 11.9 Å². The van der Waals surface area contributed by atoms with E-state index in [9.17, 15) is 9.59 Å². The number of carboxylic acids is 2. The van der Waals surface area contributed by atoms with Crippen LogP contribution in [0, 0.1) is 0 Å². The third kappa shape index (κ3) is 18.5. The predicted molar refractivity (Wildman–Crippen MR) is 54.4 cm³/mol. The maximum absolute atomic E-state index is 9.64. The maximum atomic E-state index is 9.64. The van der Waals surface area contributed by atoms with Gasteiger partial charge in [0.15, 0.2) is 6.29 Å².